The summed E-state index contributed by atoms with van der Waals surface area (Å²) < 4.78 is 35.1. The van der Waals surface area contributed by atoms with Crippen LogP contribution in [0.4, 0.5) is 14.6 Å². The molecule has 9 nitrogen and oxygen atoms in total. The van der Waals surface area contributed by atoms with Gasteiger partial charge in [-0.3, -0.25) is 18.8 Å². The number of aromatic nitrogens is 2. The number of hydrogen-bond acceptors (Lipinski definition) is 6. The summed E-state index contributed by atoms with van der Waals surface area (Å²) in [6.07, 6.45) is 6.16. The molecule has 11 heteroatoms. The molecule has 0 radical (unpaired) electrons. The molecule has 2 aromatic heterocycles. The van der Waals surface area contributed by atoms with Crippen molar-refractivity contribution in [2.24, 2.45) is 5.92 Å². The minimum absolute atomic E-state index is 0.0508. The van der Waals surface area contributed by atoms with Crippen LogP contribution in [0.1, 0.15) is 55.8 Å². The average molecular weight is 529 g/mol. The number of carboxylic acids is 1. The van der Waals surface area contributed by atoms with Crippen LogP contribution in [0, 0.1) is 17.6 Å². The quantitative estimate of drug-likeness (QED) is 0.333. The number of ether oxygens (including phenoxy) is 1. The molecule has 3 aromatic rings. The van der Waals surface area contributed by atoms with Crippen LogP contribution < -0.4 is 10.6 Å². The molecule has 1 unspecified atom stereocenters. The Balaban J connectivity index is 1.67. The van der Waals surface area contributed by atoms with Gasteiger partial charge in [0.25, 0.3) is 5.91 Å². The van der Waals surface area contributed by atoms with Crippen LogP contribution in [0.3, 0.4) is 0 Å². The number of pyridine rings is 1. The molecule has 1 aromatic carbocycles. The lowest BCUT2D eigenvalue weighted by molar-refractivity contribution is -0.141. The zero-order chi connectivity index (χ0) is 27.2. The van der Waals surface area contributed by atoms with E-state index in [0.29, 0.717) is 0 Å². The first kappa shape index (κ1) is 27.0. The number of amides is 1. The van der Waals surface area contributed by atoms with Crippen molar-refractivity contribution in [2.75, 3.05) is 18.5 Å². The molecule has 0 aliphatic heterocycles. The molecule has 1 fully saturated rings. The number of carboxylic acid groups (broad SMARTS) is 1. The zero-order valence-electron chi connectivity index (χ0n) is 21.0. The summed E-state index contributed by atoms with van der Waals surface area (Å²) in [6.45, 7) is 1.61. The van der Waals surface area contributed by atoms with Gasteiger partial charge in [-0.05, 0) is 56.0 Å². The van der Waals surface area contributed by atoms with Gasteiger partial charge in [0.05, 0.1) is 13.0 Å². The SMILES string of the molecule is CCOC(=O)CNc1c(-c2cc(F)ccc2F)nc2cc(C(=O)NC(CC(=O)O)C3CCCCC3)ccn12. The molecule has 1 amide bonds. The third-order valence-electron chi connectivity index (χ3n) is 6.71. The number of imidazole rings is 1. The molecule has 3 N–H and O–H groups in total. The number of nitrogens with one attached hydrogen (secondary N) is 2. The van der Waals surface area contributed by atoms with Crippen molar-refractivity contribution in [1.82, 2.24) is 14.7 Å². The number of aliphatic carboxylic acids is 1. The van der Waals surface area contributed by atoms with Crippen LogP contribution in [0.25, 0.3) is 16.9 Å². The molecule has 2 heterocycles. The highest BCUT2D eigenvalue weighted by atomic mass is 19.1. The third kappa shape index (κ3) is 6.27. The Morgan fingerprint density at radius 2 is 1.92 bits per heavy atom. The molecular weight excluding hydrogens is 498 g/mol. The monoisotopic (exact) mass is 528 g/mol. The fourth-order valence-electron chi connectivity index (χ4n) is 4.90. The van der Waals surface area contributed by atoms with Gasteiger partial charge in [0.15, 0.2) is 0 Å². The number of esters is 1. The molecule has 0 spiro atoms. The first-order valence-corrected chi connectivity index (χ1v) is 12.7. The fourth-order valence-corrected chi connectivity index (χ4v) is 4.90. The number of anilines is 1. The highest BCUT2D eigenvalue weighted by Gasteiger charge is 2.28. The molecule has 1 atom stereocenters. The van der Waals surface area contributed by atoms with E-state index in [1.807, 2.05) is 0 Å². The van der Waals surface area contributed by atoms with Crippen molar-refractivity contribution in [3.05, 3.63) is 53.7 Å². The van der Waals surface area contributed by atoms with E-state index >= 15 is 0 Å². The number of benzene rings is 1. The van der Waals surface area contributed by atoms with Gasteiger partial charge in [-0.25, -0.2) is 13.8 Å². The van der Waals surface area contributed by atoms with Crippen LogP contribution in [-0.4, -0.2) is 51.5 Å². The summed E-state index contributed by atoms with van der Waals surface area (Å²) in [5, 5.41) is 15.1. The van der Waals surface area contributed by atoms with Gasteiger partial charge in [-0.1, -0.05) is 19.3 Å². The van der Waals surface area contributed by atoms with E-state index in [-0.39, 0.29) is 53.8 Å². The van der Waals surface area contributed by atoms with E-state index in [0.717, 1.165) is 50.3 Å². The number of carbonyl (C=O) groups excluding carboxylic acids is 2. The van der Waals surface area contributed by atoms with Crippen molar-refractivity contribution in [3.8, 4) is 11.3 Å². The van der Waals surface area contributed by atoms with Crippen LogP contribution in [-0.2, 0) is 14.3 Å². The lowest BCUT2D eigenvalue weighted by Crippen LogP contribution is -2.42. The topological polar surface area (TPSA) is 122 Å². The summed E-state index contributed by atoms with van der Waals surface area (Å²) in [5.41, 5.74) is 0.409. The second-order valence-corrected chi connectivity index (χ2v) is 9.31. The molecule has 1 aliphatic rings. The van der Waals surface area contributed by atoms with Crippen LogP contribution in [0.5, 0.6) is 0 Å². The van der Waals surface area contributed by atoms with Crippen LogP contribution >= 0.6 is 0 Å². The predicted molar refractivity (Wildman–Crippen MR) is 136 cm³/mol. The number of nitrogens with zero attached hydrogens (tertiary/aromatic N) is 2. The standard InChI is InChI=1S/C27H30F2N4O5/c1-2-38-24(36)15-30-26-25(19-13-18(28)8-9-20(19)29)32-22-12-17(10-11-33(22)26)27(37)31-21(14-23(34)35)16-6-4-3-5-7-16/h8-13,16,21,30H,2-7,14-15H2,1H3,(H,31,37)(H,34,35). The van der Waals surface area contributed by atoms with Gasteiger partial charge in [-0.15, -0.1) is 0 Å². The zero-order valence-corrected chi connectivity index (χ0v) is 21.0. The minimum Gasteiger partial charge on any atom is -0.481 e. The molecular formula is C27H30F2N4O5. The molecule has 1 saturated carbocycles. The maximum absolute atomic E-state index is 14.7. The summed E-state index contributed by atoms with van der Waals surface area (Å²) in [7, 11) is 0. The normalized spacial score (nSPS) is 14.7. The summed E-state index contributed by atoms with van der Waals surface area (Å²) in [5.74, 6) is -3.06. The largest absolute Gasteiger partial charge is 0.481 e. The average Bonchev–Trinajstić information content (AvgIpc) is 3.26. The van der Waals surface area contributed by atoms with E-state index in [1.165, 1.54) is 22.7 Å². The van der Waals surface area contributed by atoms with Crippen molar-refractivity contribution >= 4 is 29.3 Å². The van der Waals surface area contributed by atoms with Gasteiger partial charge < -0.3 is 20.5 Å². The van der Waals surface area contributed by atoms with Gasteiger partial charge >= 0.3 is 11.9 Å². The Hall–Kier alpha value is -4.02. The molecule has 4 rings (SSSR count). The second kappa shape index (κ2) is 12.0. The second-order valence-electron chi connectivity index (χ2n) is 9.31. The maximum atomic E-state index is 14.7. The van der Waals surface area contributed by atoms with Gasteiger partial charge in [0.1, 0.15) is 35.3 Å². The number of rotatable bonds is 10. The highest BCUT2D eigenvalue weighted by molar-refractivity contribution is 5.96. The molecule has 0 bridgehead atoms. The summed E-state index contributed by atoms with van der Waals surface area (Å²) in [4.78, 5) is 41.0. The van der Waals surface area contributed by atoms with Gasteiger partial charge in [-0.2, -0.15) is 0 Å². The number of carbonyl (C=O) groups is 3. The Labute approximate surface area is 218 Å². The predicted octanol–water partition coefficient (Wildman–Crippen LogP) is 4.41. The lowest BCUT2D eigenvalue weighted by Gasteiger charge is -2.30. The fraction of sp³-hybridized carbons (Fsp3) is 0.407. The van der Waals surface area contributed by atoms with Crippen LogP contribution in [0.2, 0.25) is 0 Å². The summed E-state index contributed by atoms with van der Waals surface area (Å²) >= 11 is 0. The molecule has 38 heavy (non-hydrogen) atoms. The summed E-state index contributed by atoms with van der Waals surface area (Å²) in [6, 6.07) is 5.46. The molecule has 0 saturated heterocycles. The number of halogens is 2. The number of fused-ring (bicyclic) bond motifs is 1. The molecule has 202 valence electrons. The van der Waals surface area contributed by atoms with E-state index in [4.69, 9.17) is 4.74 Å². The minimum atomic E-state index is -0.983. The van der Waals surface area contributed by atoms with E-state index in [9.17, 15) is 28.3 Å². The number of hydrogen-bond donors (Lipinski definition) is 3. The van der Waals surface area contributed by atoms with Gasteiger partial charge in [0, 0.05) is 23.4 Å². The Morgan fingerprint density at radius 1 is 1.16 bits per heavy atom. The van der Waals surface area contributed by atoms with Crippen LogP contribution in [0.15, 0.2) is 36.5 Å². The van der Waals surface area contributed by atoms with E-state index < -0.39 is 35.5 Å². The lowest BCUT2D eigenvalue weighted by atomic mass is 9.82. The van der Waals surface area contributed by atoms with Crippen molar-refractivity contribution < 1.29 is 33.0 Å². The third-order valence-corrected chi connectivity index (χ3v) is 6.71. The Morgan fingerprint density at radius 3 is 2.63 bits per heavy atom. The maximum Gasteiger partial charge on any atom is 0.325 e. The highest BCUT2D eigenvalue weighted by Crippen LogP contribution is 2.32. The van der Waals surface area contributed by atoms with Crippen molar-refractivity contribution in [2.45, 2.75) is 51.5 Å². The van der Waals surface area contributed by atoms with Crippen molar-refractivity contribution in [1.29, 1.82) is 0 Å². The smallest absolute Gasteiger partial charge is 0.325 e. The Kier molecular flexibility index (Phi) is 8.55. The first-order chi connectivity index (χ1) is 18.3. The molecule has 1 aliphatic carbocycles. The van der Waals surface area contributed by atoms with E-state index in [1.54, 1.807) is 6.92 Å². The van der Waals surface area contributed by atoms with E-state index in [2.05, 4.69) is 15.6 Å². The van der Waals surface area contributed by atoms with Gasteiger partial charge in [0.2, 0.25) is 0 Å². The first-order valence-electron chi connectivity index (χ1n) is 12.7. The van der Waals surface area contributed by atoms with Crippen molar-refractivity contribution in [3.63, 3.8) is 0 Å². The Bertz CT molecular complexity index is 1340.